The molecule has 5 heteroatoms. The molecular formula is C15H20BrCl2N2+. The number of benzene rings is 1. The van der Waals surface area contributed by atoms with E-state index >= 15 is 0 Å². The summed E-state index contributed by atoms with van der Waals surface area (Å²) < 4.78 is 4.46. The molecule has 1 aromatic carbocycles. The number of imidazole rings is 1. The lowest BCUT2D eigenvalue weighted by Crippen LogP contribution is -2.35. The van der Waals surface area contributed by atoms with Crippen molar-refractivity contribution in [2.24, 2.45) is 0 Å². The number of aryl methyl sites for hydroxylation is 1. The molecule has 0 aliphatic heterocycles. The monoisotopic (exact) mass is 377 g/mol. The van der Waals surface area contributed by atoms with Gasteiger partial charge in [0.05, 0.1) is 6.54 Å². The van der Waals surface area contributed by atoms with E-state index in [1.54, 1.807) is 0 Å². The summed E-state index contributed by atoms with van der Waals surface area (Å²) >= 11 is 12.6. The minimum atomic E-state index is 0. The first-order valence-corrected chi connectivity index (χ1v) is 7.32. The summed E-state index contributed by atoms with van der Waals surface area (Å²) in [4.78, 5) is 0. The van der Waals surface area contributed by atoms with Crippen LogP contribution in [0.5, 0.6) is 0 Å². The van der Waals surface area contributed by atoms with Crippen molar-refractivity contribution in [2.45, 2.75) is 39.8 Å². The zero-order valence-corrected chi connectivity index (χ0v) is 15.2. The van der Waals surface area contributed by atoms with Gasteiger partial charge in [0.15, 0.2) is 0 Å². The van der Waals surface area contributed by atoms with E-state index in [0.717, 1.165) is 28.6 Å². The Bertz CT molecular complexity index is 561. The molecule has 0 radical (unpaired) electrons. The fourth-order valence-corrected chi connectivity index (χ4v) is 3.17. The van der Waals surface area contributed by atoms with Crippen molar-refractivity contribution in [1.29, 1.82) is 0 Å². The molecule has 0 fully saturated rings. The van der Waals surface area contributed by atoms with Gasteiger partial charge in [-0.05, 0) is 25.5 Å². The van der Waals surface area contributed by atoms with E-state index in [0.29, 0.717) is 0 Å². The highest BCUT2D eigenvalue weighted by atomic mass is 79.9. The second-order valence-corrected chi connectivity index (χ2v) is 5.57. The molecule has 20 heavy (non-hydrogen) atoms. The van der Waals surface area contributed by atoms with Gasteiger partial charge in [-0.25, -0.2) is 9.13 Å². The predicted octanol–water partition coefficient (Wildman–Crippen LogP) is 4.99. The summed E-state index contributed by atoms with van der Waals surface area (Å²) in [5.41, 5.74) is 0.980. The first-order valence-electron chi connectivity index (χ1n) is 6.57. The number of hydrogen-bond donors (Lipinski definition) is 0. The Hall–Kier alpha value is -0.510. The van der Waals surface area contributed by atoms with Crippen LogP contribution in [0, 0.1) is 6.92 Å². The summed E-state index contributed by atoms with van der Waals surface area (Å²) in [5.74, 6) is 1.21. The van der Waals surface area contributed by atoms with Crippen LogP contribution in [0.25, 0.3) is 0 Å². The molecule has 1 atom stereocenters. The molecule has 2 aromatic rings. The van der Waals surface area contributed by atoms with Crippen LogP contribution in [0.3, 0.4) is 0 Å². The summed E-state index contributed by atoms with van der Waals surface area (Å²) in [7, 11) is 0. The lowest BCUT2D eigenvalue weighted by molar-refractivity contribution is -0.702. The zero-order chi connectivity index (χ0) is 14.0. The molecule has 110 valence electrons. The smallest absolute Gasteiger partial charge is 0.234 e. The molecule has 0 bridgehead atoms. The van der Waals surface area contributed by atoms with Crippen LogP contribution in [0.4, 0.5) is 0 Å². The summed E-state index contributed by atoms with van der Waals surface area (Å²) in [6.45, 7) is 7.45. The Morgan fingerprint density at radius 3 is 2.40 bits per heavy atom. The molecule has 2 rings (SSSR count). The Kier molecular flexibility index (Phi) is 6.56. The van der Waals surface area contributed by atoms with Gasteiger partial charge in [-0.2, -0.15) is 0 Å². The quantitative estimate of drug-likeness (QED) is 0.662. The predicted molar refractivity (Wildman–Crippen MR) is 90.3 cm³/mol. The highest BCUT2D eigenvalue weighted by Crippen LogP contribution is 2.32. The summed E-state index contributed by atoms with van der Waals surface area (Å²) in [6.07, 6.45) is 5.33. The third-order valence-corrected chi connectivity index (χ3v) is 4.15. The average molecular weight is 379 g/mol. The van der Waals surface area contributed by atoms with E-state index in [1.165, 1.54) is 5.82 Å². The van der Waals surface area contributed by atoms with Crippen LogP contribution in [-0.4, -0.2) is 4.57 Å². The standard InChI is InChI=1S/C15H19Cl2N2.BrH/c1-4-8-18-9-10-19(12(18)3)11(2)15-13(16)6-5-7-14(15)17;/h5-7,9-11H,4,8H2,1-3H3;1H/q+1;/t11-;/m1./s1. The fourth-order valence-electron chi connectivity index (χ4n) is 2.45. The molecule has 0 aliphatic rings. The van der Waals surface area contributed by atoms with Crippen LogP contribution >= 0.6 is 40.2 Å². The van der Waals surface area contributed by atoms with Gasteiger partial charge < -0.3 is 0 Å². The van der Waals surface area contributed by atoms with Crippen molar-refractivity contribution in [3.8, 4) is 0 Å². The lowest BCUT2D eigenvalue weighted by atomic mass is 10.1. The Morgan fingerprint density at radius 1 is 1.25 bits per heavy atom. The third kappa shape index (κ3) is 3.38. The van der Waals surface area contributed by atoms with Crippen LogP contribution in [-0.2, 0) is 6.54 Å². The maximum Gasteiger partial charge on any atom is 0.253 e. The van der Waals surface area contributed by atoms with E-state index in [-0.39, 0.29) is 23.0 Å². The largest absolute Gasteiger partial charge is 0.253 e. The van der Waals surface area contributed by atoms with Gasteiger partial charge in [0.2, 0.25) is 0 Å². The van der Waals surface area contributed by atoms with Gasteiger partial charge >= 0.3 is 0 Å². The van der Waals surface area contributed by atoms with Crippen molar-refractivity contribution in [2.75, 3.05) is 0 Å². The molecule has 0 spiro atoms. The van der Waals surface area contributed by atoms with E-state index in [1.807, 2.05) is 18.2 Å². The van der Waals surface area contributed by atoms with Gasteiger partial charge in [-0.1, -0.05) is 36.2 Å². The molecule has 0 N–H and O–H groups in total. The second kappa shape index (κ2) is 7.48. The molecule has 0 aliphatic carbocycles. The van der Waals surface area contributed by atoms with E-state index in [9.17, 15) is 0 Å². The number of halogens is 3. The van der Waals surface area contributed by atoms with Crippen LogP contribution in [0.1, 0.15) is 37.7 Å². The SMILES string of the molecule is Br.CCC[n+]1ccn([C@H](C)c2c(Cl)cccc2Cl)c1C. The van der Waals surface area contributed by atoms with E-state index in [4.69, 9.17) is 23.2 Å². The number of aromatic nitrogens is 2. The molecule has 1 heterocycles. The first-order chi connectivity index (χ1) is 9.06. The third-order valence-electron chi connectivity index (χ3n) is 3.50. The fraction of sp³-hybridized carbons (Fsp3) is 0.400. The number of hydrogen-bond acceptors (Lipinski definition) is 0. The van der Waals surface area contributed by atoms with Gasteiger partial charge in [0, 0.05) is 22.5 Å². The van der Waals surface area contributed by atoms with E-state index in [2.05, 4.69) is 42.3 Å². The topological polar surface area (TPSA) is 8.81 Å². The molecule has 0 saturated heterocycles. The van der Waals surface area contributed by atoms with Crippen molar-refractivity contribution in [3.05, 3.63) is 52.0 Å². The maximum absolute atomic E-state index is 6.29. The summed E-state index contributed by atoms with van der Waals surface area (Å²) in [6, 6.07) is 5.77. The number of nitrogens with zero attached hydrogens (tertiary/aromatic N) is 2. The Morgan fingerprint density at radius 2 is 1.85 bits per heavy atom. The average Bonchev–Trinajstić information content (AvgIpc) is 2.71. The molecule has 0 saturated carbocycles. The van der Waals surface area contributed by atoms with Crippen LogP contribution < -0.4 is 4.57 Å². The normalized spacial score (nSPS) is 12.1. The highest BCUT2D eigenvalue weighted by Gasteiger charge is 2.22. The Labute approximate surface area is 141 Å². The molecular weight excluding hydrogens is 359 g/mol. The molecule has 0 amide bonds. The molecule has 1 aromatic heterocycles. The molecule has 2 nitrogen and oxygen atoms in total. The van der Waals surface area contributed by atoms with Gasteiger partial charge in [-0.15, -0.1) is 17.0 Å². The van der Waals surface area contributed by atoms with Gasteiger partial charge in [0.1, 0.15) is 18.4 Å². The van der Waals surface area contributed by atoms with E-state index < -0.39 is 0 Å². The van der Waals surface area contributed by atoms with Crippen molar-refractivity contribution < 1.29 is 4.57 Å². The second-order valence-electron chi connectivity index (χ2n) is 4.76. The highest BCUT2D eigenvalue weighted by molar-refractivity contribution is 8.93. The van der Waals surface area contributed by atoms with Crippen molar-refractivity contribution in [1.82, 2.24) is 4.57 Å². The van der Waals surface area contributed by atoms with Crippen LogP contribution in [0.15, 0.2) is 30.6 Å². The minimum absolute atomic E-state index is 0. The zero-order valence-electron chi connectivity index (χ0n) is 11.9. The summed E-state index contributed by atoms with van der Waals surface area (Å²) in [5, 5.41) is 1.44. The van der Waals surface area contributed by atoms with Crippen LogP contribution in [0.2, 0.25) is 10.0 Å². The van der Waals surface area contributed by atoms with Gasteiger partial charge in [-0.3, -0.25) is 0 Å². The molecule has 0 unspecified atom stereocenters. The van der Waals surface area contributed by atoms with Crippen molar-refractivity contribution >= 4 is 40.2 Å². The maximum atomic E-state index is 6.29. The lowest BCUT2D eigenvalue weighted by Gasteiger charge is -2.13. The van der Waals surface area contributed by atoms with Crippen molar-refractivity contribution in [3.63, 3.8) is 0 Å². The van der Waals surface area contributed by atoms with Gasteiger partial charge in [0.25, 0.3) is 5.82 Å². The first kappa shape index (κ1) is 17.5. The Balaban J connectivity index is 0.00000200. The minimum Gasteiger partial charge on any atom is -0.234 e. The number of rotatable bonds is 4.